The number of fused-ring (bicyclic) bond motifs is 1. The van der Waals surface area contributed by atoms with Crippen LogP contribution in [-0.2, 0) is 0 Å². The van der Waals surface area contributed by atoms with E-state index in [1.165, 1.54) is 5.56 Å². The minimum Gasteiger partial charge on any atom is -0.378 e. The zero-order valence-electron chi connectivity index (χ0n) is 16.1. The topological polar surface area (TPSA) is 36.7 Å². The molecule has 2 aromatic heterocycles. The van der Waals surface area contributed by atoms with Gasteiger partial charge < -0.3 is 9.80 Å². The summed E-state index contributed by atoms with van der Waals surface area (Å²) in [5.74, 6) is 0.973. The maximum atomic E-state index is 4.64. The number of hydrogen-bond donors (Lipinski definition) is 0. The van der Waals surface area contributed by atoms with Crippen molar-refractivity contribution in [1.29, 1.82) is 0 Å². The van der Waals surface area contributed by atoms with Crippen LogP contribution in [0.2, 0.25) is 0 Å². The Morgan fingerprint density at radius 1 is 0.889 bits per heavy atom. The van der Waals surface area contributed by atoms with Crippen molar-refractivity contribution >= 4 is 22.8 Å². The van der Waals surface area contributed by atoms with Crippen molar-refractivity contribution in [3.05, 3.63) is 72.6 Å². The Hall–Kier alpha value is -3.34. The van der Waals surface area contributed by atoms with E-state index in [1.807, 2.05) is 37.1 Å². The summed E-state index contributed by atoms with van der Waals surface area (Å²) in [4.78, 5) is 8.84. The van der Waals surface area contributed by atoms with Gasteiger partial charge in [-0.3, -0.25) is 0 Å². The SMILES string of the molecule is Cc1cccc(N(C)c2ccnc3c(-c4cccc(N(C)C)c4)cnn23)c1. The van der Waals surface area contributed by atoms with Gasteiger partial charge in [0, 0.05) is 44.3 Å². The van der Waals surface area contributed by atoms with E-state index < -0.39 is 0 Å². The Bertz CT molecular complexity index is 1100. The monoisotopic (exact) mass is 357 g/mol. The third kappa shape index (κ3) is 3.12. The van der Waals surface area contributed by atoms with E-state index in [0.717, 1.165) is 34.0 Å². The van der Waals surface area contributed by atoms with Gasteiger partial charge in [-0.2, -0.15) is 9.61 Å². The molecule has 0 aliphatic heterocycles. The van der Waals surface area contributed by atoms with Gasteiger partial charge in [0.05, 0.1) is 6.20 Å². The third-order valence-electron chi connectivity index (χ3n) is 4.79. The van der Waals surface area contributed by atoms with Crippen LogP contribution in [0.15, 0.2) is 67.0 Å². The summed E-state index contributed by atoms with van der Waals surface area (Å²) in [7, 11) is 6.14. The number of hydrogen-bond acceptors (Lipinski definition) is 4. The highest BCUT2D eigenvalue weighted by Crippen LogP contribution is 2.30. The lowest BCUT2D eigenvalue weighted by Crippen LogP contribution is -2.14. The number of aromatic nitrogens is 3. The van der Waals surface area contributed by atoms with Crippen LogP contribution in [0.4, 0.5) is 17.2 Å². The molecule has 0 saturated carbocycles. The van der Waals surface area contributed by atoms with Crippen LogP contribution >= 0.6 is 0 Å². The molecule has 0 spiro atoms. The largest absolute Gasteiger partial charge is 0.378 e. The lowest BCUT2D eigenvalue weighted by Gasteiger charge is -2.20. The third-order valence-corrected chi connectivity index (χ3v) is 4.79. The van der Waals surface area contributed by atoms with Crippen LogP contribution in [0.5, 0.6) is 0 Å². The first kappa shape index (κ1) is 17.1. The maximum Gasteiger partial charge on any atom is 0.165 e. The number of anilines is 3. The van der Waals surface area contributed by atoms with Crippen molar-refractivity contribution in [1.82, 2.24) is 14.6 Å². The highest BCUT2D eigenvalue weighted by Gasteiger charge is 2.14. The van der Waals surface area contributed by atoms with Crippen molar-refractivity contribution in [3.63, 3.8) is 0 Å². The summed E-state index contributed by atoms with van der Waals surface area (Å²) >= 11 is 0. The van der Waals surface area contributed by atoms with Crippen LogP contribution < -0.4 is 9.80 Å². The molecule has 0 atom stereocenters. The van der Waals surface area contributed by atoms with Crippen molar-refractivity contribution in [2.24, 2.45) is 0 Å². The van der Waals surface area contributed by atoms with Crippen LogP contribution in [0.25, 0.3) is 16.8 Å². The summed E-state index contributed by atoms with van der Waals surface area (Å²) in [5, 5.41) is 4.64. The highest BCUT2D eigenvalue weighted by molar-refractivity contribution is 5.80. The summed E-state index contributed by atoms with van der Waals surface area (Å²) in [6, 6.07) is 18.8. The normalized spacial score (nSPS) is 11.0. The zero-order chi connectivity index (χ0) is 19.0. The molecule has 0 unspecified atom stereocenters. The second kappa shape index (κ2) is 6.76. The Morgan fingerprint density at radius 3 is 2.44 bits per heavy atom. The molecule has 0 bridgehead atoms. The summed E-state index contributed by atoms with van der Waals surface area (Å²) in [5.41, 5.74) is 6.49. The molecule has 2 heterocycles. The molecule has 5 heteroatoms. The van der Waals surface area contributed by atoms with Gasteiger partial charge in [-0.25, -0.2) is 4.98 Å². The minimum absolute atomic E-state index is 0.850. The molecule has 4 aromatic rings. The molecule has 0 saturated heterocycles. The summed E-state index contributed by atoms with van der Waals surface area (Å²) in [6.45, 7) is 2.10. The van der Waals surface area contributed by atoms with Gasteiger partial charge >= 0.3 is 0 Å². The van der Waals surface area contributed by atoms with E-state index in [4.69, 9.17) is 0 Å². The van der Waals surface area contributed by atoms with Gasteiger partial charge in [0.2, 0.25) is 0 Å². The van der Waals surface area contributed by atoms with Crippen molar-refractivity contribution < 1.29 is 0 Å². The average Bonchev–Trinajstić information content (AvgIpc) is 3.11. The van der Waals surface area contributed by atoms with Crippen molar-refractivity contribution in [3.8, 4) is 11.1 Å². The van der Waals surface area contributed by atoms with Gasteiger partial charge in [0.25, 0.3) is 0 Å². The van der Waals surface area contributed by atoms with E-state index >= 15 is 0 Å². The number of aryl methyl sites for hydroxylation is 1. The number of rotatable bonds is 4. The first-order valence-electron chi connectivity index (χ1n) is 8.95. The molecule has 27 heavy (non-hydrogen) atoms. The first-order chi connectivity index (χ1) is 13.0. The fourth-order valence-electron chi connectivity index (χ4n) is 3.26. The van der Waals surface area contributed by atoms with E-state index in [1.54, 1.807) is 0 Å². The Morgan fingerprint density at radius 2 is 1.67 bits per heavy atom. The second-order valence-electron chi connectivity index (χ2n) is 6.94. The van der Waals surface area contributed by atoms with Gasteiger partial charge in [-0.05, 0) is 48.4 Å². The zero-order valence-corrected chi connectivity index (χ0v) is 16.1. The molecule has 0 amide bonds. The minimum atomic E-state index is 0.850. The lowest BCUT2D eigenvalue weighted by molar-refractivity contribution is 0.912. The second-order valence-corrected chi connectivity index (χ2v) is 6.94. The number of nitrogens with zero attached hydrogens (tertiary/aromatic N) is 5. The molecule has 0 fully saturated rings. The average molecular weight is 357 g/mol. The quantitative estimate of drug-likeness (QED) is 0.537. The molecule has 2 aromatic carbocycles. The van der Waals surface area contributed by atoms with Crippen LogP contribution in [0, 0.1) is 6.92 Å². The van der Waals surface area contributed by atoms with Crippen LogP contribution in [-0.4, -0.2) is 35.7 Å². The molecular weight excluding hydrogens is 334 g/mol. The standard InChI is InChI=1S/C22H23N5/c1-16-7-5-10-19(13-16)26(4)21-11-12-23-22-20(15-24-27(21)22)17-8-6-9-18(14-17)25(2)3/h5-15H,1-4H3. The smallest absolute Gasteiger partial charge is 0.165 e. The van der Waals surface area contributed by atoms with E-state index in [9.17, 15) is 0 Å². The highest BCUT2D eigenvalue weighted by atomic mass is 15.3. The van der Waals surface area contributed by atoms with Crippen molar-refractivity contribution in [2.45, 2.75) is 6.92 Å². The first-order valence-corrected chi connectivity index (χ1v) is 8.95. The molecule has 5 nitrogen and oxygen atoms in total. The predicted molar refractivity (Wildman–Crippen MR) is 112 cm³/mol. The van der Waals surface area contributed by atoms with Gasteiger partial charge in [-0.1, -0.05) is 24.3 Å². The fraction of sp³-hybridized carbons (Fsp3) is 0.182. The van der Waals surface area contributed by atoms with E-state index in [2.05, 4.69) is 82.4 Å². The van der Waals surface area contributed by atoms with Crippen LogP contribution in [0.3, 0.4) is 0 Å². The van der Waals surface area contributed by atoms with Gasteiger partial charge in [0.1, 0.15) is 5.82 Å². The molecule has 0 N–H and O–H groups in total. The van der Waals surface area contributed by atoms with Gasteiger partial charge in [-0.15, -0.1) is 0 Å². The van der Waals surface area contributed by atoms with E-state index in [-0.39, 0.29) is 0 Å². The van der Waals surface area contributed by atoms with E-state index in [0.29, 0.717) is 0 Å². The van der Waals surface area contributed by atoms with Crippen LogP contribution in [0.1, 0.15) is 5.56 Å². The molecule has 4 rings (SSSR count). The maximum absolute atomic E-state index is 4.64. The molecule has 0 radical (unpaired) electrons. The predicted octanol–water partition coefficient (Wildman–Crippen LogP) is 4.54. The lowest BCUT2D eigenvalue weighted by atomic mass is 10.1. The number of benzene rings is 2. The molecule has 0 aliphatic rings. The summed E-state index contributed by atoms with van der Waals surface area (Å²) < 4.78 is 1.90. The van der Waals surface area contributed by atoms with Gasteiger partial charge in [0.15, 0.2) is 5.65 Å². The van der Waals surface area contributed by atoms with Crippen molar-refractivity contribution in [2.75, 3.05) is 30.9 Å². The Labute approximate surface area is 159 Å². The fourth-order valence-corrected chi connectivity index (χ4v) is 3.26. The summed E-state index contributed by atoms with van der Waals surface area (Å²) in [6.07, 6.45) is 3.74. The molecule has 0 aliphatic carbocycles. The molecular formula is C22H23N5. The Balaban J connectivity index is 1.82. The Kier molecular flexibility index (Phi) is 4.28. The molecule has 136 valence electrons.